The average molecular weight is 335 g/mol. The molecule has 0 atom stereocenters. The van der Waals surface area contributed by atoms with Gasteiger partial charge in [0.25, 0.3) is 0 Å². The molecule has 0 aliphatic carbocycles. The van der Waals surface area contributed by atoms with E-state index >= 15 is 0 Å². The first-order valence-corrected chi connectivity index (χ1v) is 6.66. The molecular weight excluding hydrogens is 325 g/mol. The van der Waals surface area contributed by atoms with E-state index in [1.165, 1.54) is 16.8 Å². The minimum Gasteiger partial charge on any atom is -0.325 e. The first-order valence-electron chi connectivity index (χ1n) is 5.53. The Morgan fingerprint density at radius 1 is 1.25 bits per heavy atom. The number of benzene rings is 1. The lowest BCUT2D eigenvalue weighted by Gasteiger charge is -2.08. The minimum atomic E-state index is -0.321. The monoisotopic (exact) mass is 333 g/mol. The standard InChI is InChI=1S/C11H10Cl3N5O/c12-7-1-9(14)10(2-8(7)13)16-11(20)5-19-4-6(3-15)17-18-19/h1-2,4H,3,5,15H2,(H,16,20). The molecule has 0 bridgehead atoms. The molecule has 0 fully saturated rings. The van der Waals surface area contributed by atoms with E-state index < -0.39 is 0 Å². The van der Waals surface area contributed by atoms with Crippen molar-refractivity contribution in [1.82, 2.24) is 15.0 Å². The van der Waals surface area contributed by atoms with Crippen LogP contribution < -0.4 is 11.1 Å². The second-order valence-electron chi connectivity index (χ2n) is 3.91. The molecular formula is C11H10Cl3N5O. The Labute approximate surface area is 129 Å². The molecule has 106 valence electrons. The van der Waals surface area contributed by atoms with Gasteiger partial charge in [-0.25, -0.2) is 4.68 Å². The molecule has 6 nitrogen and oxygen atoms in total. The molecule has 0 aliphatic heterocycles. The maximum absolute atomic E-state index is 11.9. The normalized spacial score (nSPS) is 10.6. The van der Waals surface area contributed by atoms with Crippen molar-refractivity contribution < 1.29 is 4.79 Å². The Hall–Kier alpha value is -1.34. The fraction of sp³-hybridized carbons (Fsp3) is 0.182. The molecule has 0 radical (unpaired) electrons. The van der Waals surface area contributed by atoms with Crippen LogP contribution in [0.1, 0.15) is 5.69 Å². The molecule has 1 aromatic carbocycles. The van der Waals surface area contributed by atoms with Gasteiger partial charge in [0.1, 0.15) is 6.54 Å². The largest absolute Gasteiger partial charge is 0.325 e. The summed E-state index contributed by atoms with van der Waals surface area (Å²) < 4.78 is 1.38. The maximum atomic E-state index is 11.9. The summed E-state index contributed by atoms with van der Waals surface area (Å²) in [5.74, 6) is -0.321. The molecule has 0 aliphatic rings. The number of carbonyl (C=O) groups is 1. The summed E-state index contributed by atoms with van der Waals surface area (Å²) >= 11 is 17.6. The third-order valence-corrected chi connectivity index (χ3v) is 3.42. The summed E-state index contributed by atoms with van der Waals surface area (Å²) in [5, 5.41) is 11.1. The van der Waals surface area contributed by atoms with Gasteiger partial charge >= 0.3 is 0 Å². The first kappa shape index (κ1) is 15.1. The van der Waals surface area contributed by atoms with E-state index in [0.717, 1.165) is 0 Å². The van der Waals surface area contributed by atoms with Crippen LogP contribution in [-0.4, -0.2) is 20.9 Å². The SMILES string of the molecule is NCc1cn(CC(=O)Nc2cc(Cl)c(Cl)cc2Cl)nn1. The van der Waals surface area contributed by atoms with E-state index in [2.05, 4.69) is 15.6 Å². The number of nitrogens with one attached hydrogen (secondary N) is 1. The molecule has 1 amide bonds. The molecule has 20 heavy (non-hydrogen) atoms. The lowest BCUT2D eigenvalue weighted by Crippen LogP contribution is -2.19. The van der Waals surface area contributed by atoms with Crippen LogP contribution in [0.5, 0.6) is 0 Å². The van der Waals surface area contributed by atoms with Crippen LogP contribution in [-0.2, 0) is 17.9 Å². The van der Waals surface area contributed by atoms with Gasteiger partial charge in [-0.3, -0.25) is 4.79 Å². The van der Waals surface area contributed by atoms with Crippen molar-refractivity contribution in [2.45, 2.75) is 13.1 Å². The summed E-state index contributed by atoms with van der Waals surface area (Å²) in [6.45, 7) is 0.254. The van der Waals surface area contributed by atoms with Crippen LogP contribution in [0.4, 0.5) is 5.69 Å². The van der Waals surface area contributed by atoms with Crippen LogP contribution in [0.15, 0.2) is 18.3 Å². The summed E-state index contributed by atoms with van der Waals surface area (Å²) in [6.07, 6.45) is 1.59. The summed E-state index contributed by atoms with van der Waals surface area (Å²) in [7, 11) is 0. The number of aromatic nitrogens is 3. The van der Waals surface area contributed by atoms with Gasteiger partial charge in [-0.15, -0.1) is 5.10 Å². The van der Waals surface area contributed by atoms with E-state index in [9.17, 15) is 4.79 Å². The molecule has 1 heterocycles. The second-order valence-corrected chi connectivity index (χ2v) is 5.13. The third kappa shape index (κ3) is 3.61. The predicted molar refractivity (Wildman–Crippen MR) is 78.0 cm³/mol. The van der Waals surface area contributed by atoms with Gasteiger partial charge in [0.05, 0.1) is 32.6 Å². The van der Waals surface area contributed by atoms with Crippen molar-refractivity contribution in [2.24, 2.45) is 5.73 Å². The third-order valence-electron chi connectivity index (χ3n) is 2.38. The zero-order chi connectivity index (χ0) is 14.7. The van der Waals surface area contributed by atoms with Gasteiger partial charge in [0.2, 0.25) is 5.91 Å². The molecule has 2 aromatic rings. The van der Waals surface area contributed by atoms with E-state index in [4.69, 9.17) is 40.5 Å². The van der Waals surface area contributed by atoms with Gasteiger partial charge in [0, 0.05) is 6.54 Å². The van der Waals surface area contributed by atoms with E-state index in [1.54, 1.807) is 6.20 Å². The van der Waals surface area contributed by atoms with Crippen molar-refractivity contribution in [3.05, 3.63) is 39.1 Å². The highest BCUT2D eigenvalue weighted by Crippen LogP contribution is 2.32. The summed E-state index contributed by atoms with van der Waals surface area (Å²) in [6, 6.07) is 2.94. The van der Waals surface area contributed by atoms with Gasteiger partial charge in [0.15, 0.2) is 0 Å². The van der Waals surface area contributed by atoms with Crippen molar-refractivity contribution in [3.8, 4) is 0 Å². The van der Waals surface area contributed by atoms with Crippen molar-refractivity contribution in [1.29, 1.82) is 0 Å². The van der Waals surface area contributed by atoms with Crippen LogP contribution >= 0.6 is 34.8 Å². The number of hydrogen-bond donors (Lipinski definition) is 2. The predicted octanol–water partition coefficient (Wildman–Crippen LogP) is 2.34. The highest BCUT2D eigenvalue weighted by molar-refractivity contribution is 6.44. The Bertz CT molecular complexity index is 643. The zero-order valence-corrected chi connectivity index (χ0v) is 12.4. The number of rotatable bonds is 4. The first-order chi connectivity index (χ1) is 9.49. The number of nitrogens with zero attached hydrogens (tertiary/aromatic N) is 3. The fourth-order valence-corrected chi connectivity index (χ4v) is 2.06. The van der Waals surface area contributed by atoms with E-state index in [0.29, 0.717) is 26.4 Å². The topological polar surface area (TPSA) is 85.8 Å². The molecule has 2 rings (SSSR count). The number of nitrogens with two attached hydrogens (primary N) is 1. The number of hydrogen-bond acceptors (Lipinski definition) is 4. The summed E-state index contributed by atoms with van der Waals surface area (Å²) in [5.41, 5.74) is 6.39. The zero-order valence-electron chi connectivity index (χ0n) is 10.1. The van der Waals surface area contributed by atoms with Crippen molar-refractivity contribution >= 4 is 46.4 Å². The minimum absolute atomic E-state index is 0.0103. The molecule has 0 unspecified atom stereocenters. The summed E-state index contributed by atoms with van der Waals surface area (Å²) in [4.78, 5) is 11.9. The lowest BCUT2D eigenvalue weighted by atomic mass is 10.3. The number of anilines is 1. The molecule has 0 saturated heterocycles. The Morgan fingerprint density at radius 2 is 1.95 bits per heavy atom. The second kappa shape index (κ2) is 6.41. The fourth-order valence-electron chi connectivity index (χ4n) is 1.46. The Kier molecular flexibility index (Phi) is 4.82. The van der Waals surface area contributed by atoms with Crippen LogP contribution in [0.3, 0.4) is 0 Å². The number of amides is 1. The van der Waals surface area contributed by atoms with Crippen LogP contribution in [0, 0.1) is 0 Å². The smallest absolute Gasteiger partial charge is 0.246 e. The van der Waals surface area contributed by atoms with Crippen molar-refractivity contribution in [2.75, 3.05) is 5.32 Å². The van der Waals surface area contributed by atoms with Crippen LogP contribution in [0.25, 0.3) is 0 Å². The van der Waals surface area contributed by atoms with Crippen LogP contribution in [0.2, 0.25) is 15.1 Å². The van der Waals surface area contributed by atoms with Gasteiger partial charge < -0.3 is 11.1 Å². The quantitative estimate of drug-likeness (QED) is 0.840. The average Bonchev–Trinajstić information content (AvgIpc) is 2.83. The molecule has 0 saturated carbocycles. The van der Waals surface area contributed by atoms with Crippen molar-refractivity contribution in [3.63, 3.8) is 0 Å². The molecule has 9 heteroatoms. The van der Waals surface area contributed by atoms with Gasteiger partial charge in [-0.2, -0.15) is 0 Å². The number of halogens is 3. The molecule has 0 spiro atoms. The lowest BCUT2D eigenvalue weighted by molar-refractivity contribution is -0.116. The van der Waals surface area contributed by atoms with Gasteiger partial charge in [-0.1, -0.05) is 40.0 Å². The number of carbonyl (C=O) groups excluding carboxylic acids is 1. The van der Waals surface area contributed by atoms with E-state index in [-0.39, 0.29) is 19.0 Å². The highest BCUT2D eigenvalue weighted by Gasteiger charge is 2.10. The molecule has 1 aromatic heterocycles. The Morgan fingerprint density at radius 3 is 2.60 bits per heavy atom. The van der Waals surface area contributed by atoms with Gasteiger partial charge in [-0.05, 0) is 12.1 Å². The highest BCUT2D eigenvalue weighted by atomic mass is 35.5. The Balaban J connectivity index is 2.06. The molecule has 3 N–H and O–H groups in total. The maximum Gasteiger partial charge on any atom is 0.246 e. The van der Waals surface area contributed by atoms with E-state index in [1.807, 2.05) is 0 Å².